The monoisotopic (exact) mass is 191 g/mol. The van der Waals surface area contributed by atoms with Crippen LogP contribution in [0.1, 0.15) is 6.92 Å². The van der Waals surface area contributed by atoms with Crippen LogP contribution in [0.2, 0.25) is 0 Å². The Morgan fingerprint density at radius 1 is 1.50 bits per heavy atom. The van der Waals surface area contributed by atoms with E-state index in [1.807, 2.05) is 25.2 Å². The van der Waals surface area contributed by atoms with E-state index in [1.165, 1.54) is 0 Å². The van der Waals surface area contributed by atoms with Crippen LogP contribution in [0, 0.1) is 0 Å². The van der Waals surface area contributed by atoms with Crippen LogP contribution in [-0.2, 0) is 0 Å². The van der Waals surface area contributed by atoms with E-state index < -0.39 is 0 Å². The zero-order chi connectivity index (χ0) is 11.0. The fourth-order valence-electron chi connectivity index (χ4n) is 0.784. The van der Waals surface area contributed by atoms with Gasteiger partial charge in [-0.2, -0.15) is 0 Å². The van der Waals surface area contributed by atoms with Crippen molar-refractivity contribution in [2.24, 2.45) is 10.8 Å². The van der Waals surface area contributed by atoms with Gasteiger partial charge in [-0.1, -0.05) is 31.4 Å². The molecule has 3 N–H and O–H groups in total. The summed E-state index contributed by atoms with van der Waals surface area (Å²) < 4.78 is 0. The summed E-state index contributed by atoms with van der Waals surface area (Å²) in [6.07, 6.45) is 7.24. The van der Waals surface area contributed by atoms with Gasteiger partial charge in [0.05, 0.1) is 0 Å². The number of nitrogens with zero attached hydrogens (tertiary/aromatic N) is 1. The molecule has 0 amide bonds. The van der Waals surface area contributed by atoms with E-state index in [2.05, 4.69) is 23.6 Å². The topological polar surface area (TPSA) is 50.4 Å². The molecule has 0 aromatic heterocycles. The predicted octanol–water partition coefficient (Wildman–Crippen LogP) is 1.72. The second-order valence-electron chi connectivity index (χ2n) is 2.70. The number of allylic oxidation sites excluding steroid dienone is 5. The highest BCUT2D eigenvalue weighted by Gasteiger charge is 1.94. The molecule has 0 bridgehead atoms. The standard InChI is InChI=1S/C11H17N3/c1-5-6-7-9(2)10(3)8-11(13-4)14-12/h5-8H,1-2,12H2,3-4H3,(H,13,14)/b7-6-,10-8+. The zero-order valence-electron chi connectivity index (χ0n) is 8.75. The minimum atomic E-state index is 0.621. The maximum atomic E-state index is 5.24. The summed E-state index contributed by atoms with van der Waals surface area (Å²) in [5, 5.41) is 0. The van der Waals surface area contributed by atoms with Crippen LogP contribution in [-0.4, -0.2) is 12.9 Å². The number of nitrogens with one attached hydrogen (secondary N) is 1. The molecule has 14 heavy (non-hydrogen) atoms. The van der Waals surface area contributed by atoms with Crippen LogP contribution in [0.3, 0.4) is 0 Å². The molecule has 0 spiro atoms. The molecule has 0 aliphatic heterocycles. The quantitative estimate of drug-likeness (QED) is 0.234. The van der Waals surface area contributed by atoms with Crippen molar-refractivity contribution in [1.82, 2.24) is 5.43 Å². The maximum absolute atomic E-state index is 5.24. The van der Waals surface area contributed by atoms with Gasteiger partial charge in [-0.3, -0.25) is 4.99 Å². The predicted molar refractivity (Wildman–Crippen MR) is 62.9 cm³/mol. The van der Waals surface area contributed by atoms with E-state index in [1.54, 1.807) is 13.1 Å². The molecule has 0 aliphatic rings. The molecule has 3 heteroatoms. The minimum absolute atomic E-state index is 0.621. The van der Waals surface area contributed by atoms with Gasteiger partial charge in [-0.15, -0.1) is 0 Å². The first kappa shape index (κ1) is 12.4. The maximum Gasteiger partial charge on any atom is 0.135 e. The Bertz CT molecular complexity index is 296. The van der Waals surface area contributed by atoms with Crippen LogP contribution in [0.25, 0.3) is 0 Å². The number of hydrogen-bond acceptors (Lipinski definition) is 2. The third-order valence-corrected chi connectivity index (χ3v) is 1.68. The van der Waals surface area contributed by atoms with Crippen LogP contribution in [0.5, 0.6) is 0 Å². The zero-order valence-corrected chi connectivity index (χ0v) is 8.75. The van der Waals surface area contributed by atoms with Gasteiger partial charge in [-0.05, 0) is 24.1 Å². The number of aliphatic imine (C=N–C) groups is 1. The smallest absolute Gasteiger partial charge is 0.135 e. The van der Waals surface area contributed by atoms with Crippen LogP contribution in [0.15, 0.2) is 53.6 Å². The largest absolute Gasteiger partial charge is 0.309 e. The summed E-state index contributed by atoms with van der Waals surface area (Å²) in [5.41, 5.74) is 4.39. The van der Waals surface area contributed by atoms with Crippen molar-refractivity contribution in [3.63, 3.8) is 0 Å². The molecule has 0 aromatic rings. The van der Waals surface area contributed by atoms with Gasteiger partial charge >= 0.3 is 0 Å². The van der Waals surface area contributed by atoms with E-state index in [-0.39, 0.29) is 0 Å². The van der Waals surface area contributed by atoms with Crippen molar-refractivity contribution >= 4 is 5.84 Å². The van der Waals surface area contributed by atoms with Crippen LogP contribution < -0.4 is 11.3 Å². The number of nitrogens with two attached hydrogens (primary N) is 1. The number of amidine groups is 1. The van der Waals surface area contributed by atoms with E-state index in [4.69, 9.17) is 5.84 Å². The molecule has 0 aromatic carbocycles. The summed E-state index contributed by atoms with van der Waals surface area (Å²) in [4.78, 5) is 3.93. The molecule has 0 radical (unpaired) electrons. The van der Waals surface area contributed by atoms with E-state index in [0.717, 1.165) is 11.1 Å². The highest BCUT2D eigenvalue weighted by atomic mass is 15.2. The lowest BCUT2D eigenvalue weighted by atomic mass is 10.1. The SMILES string of the molecule is C=C/C=C\C(=C)/C(C)=C/C(=NC)NN. The third kappa shape index (κ3) is 4.42. The van der Waals surface area contributed by atoms with Gasteiger partial charge < -0.3 is 5.43 Å². The Hall–Kier alpha value is -1.61. The van der Waals surface area contributed by atoms with Gasteiger partial charge in [0.2, 0.25) is 0 Å². The fourth-order valence-corrected chi connectivity index (χ4v) is 0.784. The Morgan fingerprint density at radius 3 is 2.57 bits per heavy atom. The van der Waals surface area contributed by atoms with Crippen molar-refractivity contribution in [1.29, 1.82) is 0 Å². The molecule has 0 rings (SSSR count). The summed E-state index contributed by atoms with van der Waals surface area (Å²) in [7, 11) is 1.67. The van der Waals surface area contributed by atoms with Crippen molar-refractivity contribution in [2.45, 2.75) is 6.92 Å². The first-order chi connectivity index (χ1) is 6.65. The molecule has 0 unspecified atom stereocenters. The lowest BCUT2D eigenvalue weighted by Gasteiger charge is -2.02. The second-order valence-corrected chi connectivity index (χ2v) is 2.70. The fraction of sp³-hybridized carbons (Fsp3) is 0.182. The second kappa shape index (κ2) is 6.86. The first-order valence-corrected chi connectivity index (χ1v) is 4.25. The molecule has 0 saturated heterocycles. The Morgan fingerprint density at radius 2 is 2.14 bits per heavy atom. The van der Waals surface area contributed by atoms with Crippen molar-refractivity contribution in [3.8, 4) is 0 Å². The normalized spacial score (nSPS) is 13.1. The summed E-state index contributed by atoms with van der Waals surface area (Å²) in [5.74, 6) is 5.86. The Kier molecular flexibility index (Phi) is 6.07. The van der Waals surface area contributed by atoms with Crippen molar-refractivity contribution < 1.29 is 0 Å². The molecule has 0 saturated carbocycles. The molecule has 76 valence electrons. The Balaban J connectivity index is 4.60. The summed E-state index contributed by atoms with van der Waals surface area (Å²) >= 11 is 0. The molecule has 0 fully saturated rings. The highest BCUT2D eigenvalue weighted by molar-refractivity contribution is 5.93. The Labute approximate surface area is 85.4 Å². The van der Waals surface area contributed by atoms with Crippen LogP contribution >= 0.6 is 0 Å². The summed E-state index contributed by atoms with van der Waals surface area (Å²) in [6.45, 7) is 9.41. The number of hydrogen-bond donors (Lipinski definition) is 2. The number of hydrazine groups is 1. The molecular formula is C11H17N3. The first-order valence-electron chi connectivity index (χ1n) is 4.25. The van der Waals surface area contributed by atoms with Crippen LogP contribution in [0.4, 0.5) is 0 Å². The number of rotatable bonds is 4. The van der Waals surface area contributed by atoms with E-state index in [9.17, 15) is 0 Å². The molecule has 0 aliphatic carbocycles. The van der Waals surface area contributed by atoms with E-state index >= 15 is 0 Å². The third-order valence-electron chi connectivity index (χ3n) is 1.68. The van der Waals surface area contributed by atoms with Gasteiger partial charge in [-0.25, -0.2) is 5.84 Å². The average Bonchev–Trinajstić information content (AvgIpc) is 2.21. The highest BCUT2D eigenvalue weighted by Crippen LogP contribution is 2.07. The average molecular weight is 191 g/mol. The molecule has 3 nitrogen and oxygen atoms in total. The lowest BCUT2D eigenvalue weighted by Crippen LogP contribution is -2.28. The van der Waals surface area contributed by atoms with E-state index in [0.29, 0.717) is 5.84 Å². The summed E-state index contributed by atoms with van der Waals surface area (Å²) in [6, 6.07) is 0. The van der Waals surface area contributed by atoms with Crippen molar-refractivity contribution in [3.05, 3.63) is 48.6 Å². The van der Waals surface area contributed by atoms with Gasteiger partial charge in [0.1, 0.15) is 5.84 Å². The lowest BCUT2D eigenvalue weighted by molar-refractivity contribution is 1.02. The molecule has 0 atom stereocenters. The molecular weight excluding hydrogens is 174 g/mol. The molecule has 0 heterocycles. The van der Waals surface area contributed by atoms with Gasteiger partial charge in [0, 0.05) is 7.05 Å². The van der Waals surface area contributed by atoms with Gasteiger partial charge in [0.25, 0.3) is 0 Å². The minimum Gasteiger partial charge on any atom is -0.309 e. The van der Waals surface area contributed by atoms with Gasteiger partial charge in [0.15, 0.2) is 0 Å². The van der Waals surface area contributed by atoms with Crippen molar-refractivity contribution in [2.75, 3.05) is 7.05 Å².